The van der Waals surface area contributed by atoms with Crippen LogP contribution in [0.25, 0.3) is 0 Å². The molecule has 4 atom stereocenters. The molecule has 0 radical (unpaired) electrons. The summed E-state index contributed by atoms with van der Waals surface area (Å²) >= 11 is 0. The minimum Gasteiger partial charge on any atom is -0.393 e. The Hall–Kier alpha value is -0.600. The highest BCUT2D eigenvalue weighted by molar-refractivity contribution is 5.22. The van der Waals surface area contributed by atoms with Crippen LogP contribution in [0.1, 0.15) is 40.0 Å². The second-order valence-corrected chi connectivity index (χ2v) is 6.47. The van der Waals surface area contributed by atoms with E-state index in [0.29, 0.717) is 12.3 Å². The summed E-state index contributed by atoms with van der Waals surface area (Å²) in [5.74, 6) is 0.512. The third kappa shape index (κ3) is 2.21. The van der Waals surface area contributed by atoms with Crippen LogP contribution in [0.4, 0.5) is 0 Å². The maximum absolute atomic E-state index is 10.4. The van der Waals surface area contributed by atoms with E-state index in [-0.39, 0.29) is 23.5 Å². The number of hydrogen-bond donors (Lipinski definition) is 2. The second-order valence-electron chi connectivity index (χ2n) is 6.47. The minimum absolute atomic E-state index is 0.0432. The van der Waals surface area contributed by atoms with Crippen molar-refractivity contribution in [3.63, 3.8) is 0 Å². The normalized spacial score (nSPS) is 41.5. The molecule has 0 heterocycles. The van der Waals surface area contributed by atoms with E-state index in [4.69, 9.17) is 0 Å². The Morgan fingerprint density at radius 1 is 1.35 bits per heavy atom. The third-order valence-corrected chi connectivity index (χ3v) is 4.62. The molecular weight excluding hydrogens is 212 g/mol. The number of fused-ring (bicyclic) bond motifs is 1. The quantitative estimate of drug-likeness (QED) is 0.635. The van der Waals surface area contributed by atoms with Crippen molar-refractivity contribution in [1.82, 2.24) is 0 Å². The molecule has 0 aromatic carbocycles. The molecule has 1 fully saturated rings. The number of allylic oxidation sites excluding steroid dienone is 1. The lowest BCUT2D eigenvalue weighted by molar-refractivity contribution is 0.00584. The molecule has 2 aliphatic carbocycles. The molecule has 2 aliphatic rings. The Labute approximate surface area is 104 Å². The van der Waals surface area contributed by atoms with Gasteiger partial charge in [0, 0.05) is 5.92 Å². The van der Waals surface area contributed by atoms with Gasteiger partial charge in [-0.1, -0.05) is 32.1 Å². The van der Waals surface area contributed by atoms with Crippen molar-refractivity contribution in [1.29, 1.82) is 0 Å². The van der Waals surface area contributed by atoms with Crippen LogP contribution in [0.3, 0.4) is 0 Å². The lowest BCUT2D eigenvalue weighted by Crippen LogP contribution is -2.42. The average molecular weight is 236 g/mol. The summed E-state index contributed by atoms with van der Waals surface area (Å²) in [7, 11) is 0. The molecule has 0 bridgehead atoms. The molecule has 1 unspecified atom stereocenters. The van der Waals surface area contributed by atoms with E-state index >= 15 is 0 Å². The van der Waals surface area contributed by atoms with Crippen molar-refractivity contribution in [3.8, 4) is 0 Å². The summed E-state index contributed by atoms with van der Waals surface area (Å²) in [6.07, 6.45) is 3.83. The van der Waals surface area contributed by atoms with Gasteiger partial charge in [-0.25, -0.2) is 0 Å². The molecule has 96 valence electrons. The molecule has 0 amide bonds. The Kier molecular flexibility index (Phi) is 3.21. The molecule has 1 saturated carbocycles. The lowest BCUT2D eigenvalue weighted by Gasteiger charge is -2.44. The molecule has 0 aromatic rings. The SMILES string of the molecule is C=C1CC(O)CC(C)(C)[C@@H]2[C@@H](O)C(C)=CC[C@@H]12. The van der Waals surface area contributed by atoms with Crippen LogP contribution >= 0.6 is 0 Å². The van der Waals surface area contributed by atoms with Crippen molar-refractivity contribution in [2.45, 2.75) is 52.2 Å². The zero-order chi connectivity index (χ0) is 12.8. The van der Waals surface area contributed by atoms with Crippen molar-refractivity contribution in [2.24, 2.45) is 17.3 Å². The van der Waals surface area contributed by atoms with Crippen LogP contribution in [0.15, 0.2) is 23.8 Å². The van der Waals surface area contributed by atoms with Gasteiger partial charge in [0.25, 0.3) is 0 Å². The van der Waals surface area contributed by atoms with Crippen LogP contribution in [-0.4, -0.2) is 22.4 Å². The summed E-state index contributed by atoms with van der Waals surface area (Å²) in [5.41, 5.74) is 2.14. The number of aliphatic hydroxyl groups excluding tert-OH is 2. The van der Waals surface area contributed by atoms with E-state index in [0.717, 1.165) is 24.0 Å². The van der Waals surface area contributed by atoms with Gasteiger partial charge < -0.3 is 10.2 Å². The van der Waals surface area contributed by atoms with Crippen LogP contribution < -0.4 is 0 Å². The van der Waals surface area contributed by atoms with Gasteiger partial charge in [0.05, 0.1) is 12.2 Å². The minimum atomic E-state index is -0.384. The van der Waals surface area contributed by atoms with E-state index < -0.39 is 0 Å². The summed E-state index contributed by atoms with van der Waals surface area (Å²) in [4.78, 5) is 0. The molecule has 2 N–H and O–H groups in total. The number of rotatable bonds is 0. The topological polar surface area (TPSA) is 40.5 Å². The van der Waals surface area contributed by atoms with Crippen LogP contribution in [0.2, 0.25) is 0 Å². The van der Waals surface area contributed by atoms with Crippen LogP contribution in [0, 0.1) is 17.3 Å². The highest BCUT2D eigenvalue weighted by Gasteiger charge is 2.46. The Balaban J connectivity index is 2.40. The molecule has 17 heavy (non-hydrogen) atoms. The highest BCUT2D eigenvalue weighted by atomic mass is 16.3. The lowest BCUT2D eigenvalue weighted by atomic mass is 9.63. The fourth-order valence-corrected chi connectivity index (χ4v) is 3.75. The molecule has 0 aromatic heterocycles. The maximum atomic E-state index is 10.4. The van der Waals surface area contributed by atoms with Crippen molar-refractivity contribution in [2.75, 3.05) is 0 Å². The molecular formula is C15H24O2. The fourth-order valence-electron chi connectivity index (χ4n) is 3.75. The number of hydrogen-bond acceptors (Lipinski definition) is 2. The molecule has 0 spiro atoms. The standard InChI is InChI=1S/C15H24O2/c1-9-5-6-12-10(2)7-11(16)8-15(3,4)13(12)14(9)17/h5,11-14,16-17H,2,6-8H2,1,3-4H3/t11?,12-,13-,14-/m0/s1. The van der Waals surface area contributed by atoms with Gasteiger partial charge in [-0.3, -0.25) is 0 Å². The van der Waals surface area contributed by atoms with E-state index in [9.17, 15) is 10.2 Å². The van der Waals surface area contributed by atoms with Crippen molar-refractivity contribution < 1.29 is 10.2 Å². The third-order valence-electron chi connectivity index (χ3n) is 4.62. The highest BCUT2D eigenvalue weighted by Crippen LogP contribution is 2.50. The van der Waals surface area contributed by atoms with E-state index in [1.165, 1.54) is 0 Å². The molecule has 2 heteroatoms. The fraction of sp³-hybridized carbons (Fsp3) is 0.733. The monoisotopic (exact) mass is 236 g/mol. The zero-order valence-electron chi connectivity index (χ0n) is 11.1. The van der Waals surface area contributed by atoms with Crippen molar-refractivity contribution >= 4 is 0 Å². The first kappa shape index (κ1) is 12.8. The smallest absolute Gasteiger partial charge is 0.0786 e. The average Bonchev–Trinajstić information content (AvgIpc) is 2.27. The first-order valence-electron chi connectivity index (χ1n) is 6.53. The predicted octanol–water partition coefficient (Wildman–Crippen LogP) is 2.67. The predicted molar refractivity (Wildman–Crippen MR) is 69.5 cm³/mol. The summed E-state index contributed by atoms with van der Waals surface area (Å²) in [6.45, 7) is 10.5. The summed E-state index contributed by atoms with van der Waals surface area (Å²) in [6, 6.07) is 0. The van der Waals surface area contributed by atoms with Crippen LogP contribution in [0.5, 0.6) is 0 Å². The molecule has 0 saturated heterocycles. The van der Waals surface area contributed by atoms with Gasteiger partial charge in [0.2, 0.25) is 0 Å². The summed E-state index contributed by atoms with van der Waals surface area (Å²) < 4.78 is 0. The van der Waals surface area contributed by atoms with E-state index in [1.54, 1.807) is 0 Å². The van der Waals surface area contributed by atoms with Gasteiger partial charge >= 0.3 is 0 Å². The second kappa shape index (κ2) is 4.25. The van der Waals surface area contributed by atoms with Gasteiger partial charge in [-0.05, 0) is 43.1 Å². The maximum Gasteiger partial charge on any atom is 0.0786 e. The Morgan fingerprint density at radius 2 is 2.00 bits per heavy atom. The largest absolute Gasteiger partial charge is 0.393 e. The summed E-state index contributed by atoms with van der Waals surface area (Å²) in [5, 5.41) is 20.5. The van der Waals surface area contributed by atoms with Crippen molar-refractivity contribution in [3.05, 3.63) is 23.8 Å². The number of aliphatic hydroxyl groups is 2. The van der Waals surface area contributed by atoms with Gasteiger partial charge in [0.1, 0.15) is 0 Å². The first-order chi connectivity index (χ1) is 7.83. The Morgan fingerprint density at radius 3 is 2.65 bits per heavy atom. The van der Waals surface area contributed by atoms with Gasteiger partial charge in [-0.15, -0.1) is 0 Å². The molecule has 0 aliphatic heterocycles. The van der Waals surface area contributed by atoms with E-state index in [1.807, 2.05) is 6.92 Å². The zero-order valence-corrected chi connectivity index (χ0v) is 11.1. The van der Waals surface area contributed by atoms with Gasteiger partial charge in [0.15, 0.2) is 0 Å². The van der Waals surface area contributed by atoms with Gasteiger partial charge in [-0.2, -0.15) is 0 Å². The van der Waals surface area contributed by atoms with E-state index in [2.05, 4.69) is 26.5 Å². The Bertz CT molecular complexity index is 354. The first-order valence-corrected chi connectivity index (χ1v) is 6.53. The van der Waals surface area contributed by atoms with Crippen LogP contribution in [-0.2, 0) is 0 Å². The molecule has 2 rings (SSSR count). The molecule has 2 nitrogen and oxygen atoms in total.